The molecule has 1 fully saturated rings. The van der Waals surface area contributed by atoms with Crippen molar-refractivity contribution >= 4 is 34.4 Å². The summed E-state index contributed by atoms with van der Waals surface area (Å²) in [7, 11) is 0. The number of nitrogens with zero attached hydrogens (tertiary/aromatic N) is 1. The Balaban J connectivity index is 1.97. The van der Waals surface area contributed by atoms with Gasteiger partial charge in [0.2, 0.25) is 11.8 Å². The van der Waals surface area contributed by atoms with Gasteiger partial charge in [0.1, 0.15) is 5.25 Å². The molecule has 1 aromatic rings. The zero-order valence-corrected chi connectivity index (χ0v) is 13.9. The Morgan fingerprint density at radius 1 is 1.36 bits per heavy atom. The minimum atomic E-state index is -0.403. The van der Waals surface area contributed by atoms with Crippen LogP contribution in [-0.4, -0.2) is 28.8 Å². The highest BCUT2D eigenvalue weighted by Crippen LogP contribution is 2.24. The van der Waals surface area contributed by atoms with Crippen molar-refractivity contribution in [3.05, 3.63) is 29.3 Å². The van der Waals surface area contributed by atoms with Gasteiger partial charge in [0.25, 0.3) is 0 Å². The summed E-state index contributed by atoms with van der Waals surface area (Å²) in [6, 6.07) is 5.86. The number of carbonyl (C=O) groups is 2. The van der Waals surface area contributed by atoms with E-state index in [4.69, 9.17) is 0 Å². The minimum absolute atomic E-state index is 0.142. The Kier molecular flexibility index (Phi) is 5.60. The maximum absolute atomic E-state index is 12.2. The van der Waals surface area contributed by atoms with E-state index in [0.29, 0.717) is 11.7 Å². The quantitative estimate of drug-likeness (QED) is 0.876. The number of thioether (sulfide) groups is 1. The number of amides is 2. The molecular formula is C16H21N3O2S. The van der Waals surface area contributed by atoms with E-state index in [0.717, 1.165) is 23.2 Å². The van der Waals surface area contributed by atoms with Gasteiger partial charge in [-0.25, -0.2) is 0 Å². The molecule has 2 N–H and O–H groups in total. The van der Waals surface area contributed by atoms with Gasteiger partial charge in [-0.3, -0.25) is 14.6 Å². The number of hydrogen-bond acceptors (Lipinski definition) is 4. The molecule has 6 heteroatoms. The van der Waals surface area contributed by atoms with E-state index in [2.05, 4.69) is 15.6 Å². The molecule has 0 aliphatic carbocycles. The molecule has 5 nitrogen and oxygen atoms in total. The van der Waals surface area contributed by atoms with Crippen molar-refractivity contribution in [2.75, 3.05) is 11.9 Å². The fraction of sp³-hybridized carbons (Fsp3) is 0.438. The number of hydrogen-bond donors (Lipinski definition) is 2. The van der Waals surface area contributed by atoms with Crippen molar-refractivity contribution in [1.29, 1.82) is 0 Å². The van der Waals surface area contributed by atoms with E-state index in [1.54, 1.807) is 0 Å². The van der Waals surface area contributed by atoms with Crippen LogP contribution in [0.1, 0.15) is 30.9 Å². The largest absolute Gasteiger partial charge is 0.326 e. The first-order valence-corrected chi connectivity index (χ1v) is 8.27. The lowest BCUT2D eigenvalue weighted by atomic mass is 10.1. The minimum Gasteiger partial charge on any atom is -0.326 e. The maximum atomic E-state index is 12.2. The van der Waals surface area contributed by atoms with Crippen LogP contribution in [0.3, 0.4) is 0 Å². The highest BCUT2D eigenvalue weighted by molar-refractivity contribution is 8.15. The summed E-state index contributed by atoms with van der Waals surface area (Å²) < 4.78 is 0. The van der Waals surface area contributed by atoms with Gasteiger partial charge in [-0.15, -0.1) is 0 Å². The molecule has 1 atom stereocenters. The molecule has 2 amide bonds. The van der Waals surface area contributed by atoms with Crippen molar-refractivity contribution in [2.45, 2.75) is 38.9 Å². The first-order chi connectivity index (χ1) is 10.5. The monoisotopic (exact) mass is 319 g/mol. The molecule has 0 saturated carbocycles. The topological polar surface area (TPSA) is 70.6 Å². The average molecular weight is 319 g/mol. The number of rotatable bonds is 5. The van der Waals surface area contributed by atoms with Gasteiger partial charge in [-0.05, 0) is 31.4 Å². The molecule has 0 bridgehead atoms. The Morgan fingerprint density at radius 3 is 2.68 bits per heavy atom. The van der Waals surface area contributed by atoms with E-state index in [1.165, 1.54) is 11.8 Å². The maximum Gasteiger partial charge on any atom is 0.240 e. The van der Waals surface area contributed by atoms with E-state index in [-0.39, 0.29) is 18.2 Å². The van der Waals surface area contributed by atoms with Crippen LogP contribution in [-0.2, 0) is 9.59 Å². The molecule has 1 aliphatic rings. The van der Waals surface area contributed by atoms with Crippen molar-refractivity contribution < 1.29 is 9.59 Å². The summed E-state index contributed by atoms with van der Waals surface area (Å²) in [4.78, 5) is 28.3. The van der Waals surface area contributed by atoms with Crippen LogP contribution >= 0.6 is 11.8 Å². The molecule has 2 rings (SSSR count). The molecule has 1 saturated heterocycles. The normalized spacial score (nSPS) is 19.3. The van der Waals surface area contributed by atoms with E-state index in [1.807, 2.05) is 39.0 Å². The summed E-state index contributed by atoms with van der Waals surface area (Å²) in [6.45, 7) is 6.62. The van der Waals surface area contributed by atoms with Crippen molar-refractivity contribution in [3.63, 3.8) is 0 Å². The molecule has 1 heterocycles. The second kappa shape index (κ2) is 7.45. The van der Waals surface area contributed by atoms with Crippen molar-refractivity contribution in [1.82, 2.24) is 5.32 Å². The Bertz CT molecular complexity index is 593. The standard InChI is InChI=1S/C16H21N3O2S/c1-4-8-17-16-19-15(21)12(22-16)9-13(20)18-14-10(2)6-5-7-11(14)3/h5-7,12H,4,8-9H2,1-3H3,(H,18,20)(H,17,19,21)/t12-/m0/s1. The molecular weight excluding hydrogens is 298 g/mol. The SMILES string of the molecule is CCCN=C1NC(=O)[C@H](CC(=O)Nc2c(C)cccc2C)S1. The zero-order chi connectivity index (χ0) is 16.1. The summed E-state index contributed by atoms with van der Waals surface area (Å²) >= 11 is 1.33. The molecule has 0 spiro atoms. The predicted molar refractivity (Wildman–Crippen MR) is 91.3 cm³/mol. The second-order valence-electron chi connectivity index (χ2n) is 5.30. The van der Waals surface area contributed by atoms with Crippen LogP contribution in [0.2, 0.25) is 0 Å². The third kappa shape index (κ3) is 4.10. The van der Waals surface area contributed by atoms with Crippen LogP contribution in [0.4, 0.5) is 5.69 Å². The Morgan fingerprint density at radius 2 is 2.05 bits per heavy atom. The number of benzene rings is 1. The van der Waals surface area contributed by atoms with Crippen LogP contribution in [0.25, 0.3) is 0 Å². The Hall–Kier alpha value is -1.82. The fourth-order valence-electron chi connectivity index (χ4n) is 2.20. The molecule has 1 aliphatic heterocycles. The lowest BCUT2D eigenvalue weighted by Gasteiger charge is -2.12. The van der Waals surface area contributed by atoms with E-state index < -0.39 is 5.25 Å². The lowest BCUT2D eigenvalue weighted by Crippen LogP contribution is -2.28. The summed E-state index contributed by atoms with van der Waals surface area (Å²) in [5.41, 5.74) is 2.86. The molecule has 1 aromatic carbocycles. The van der Waals surface area contributed by atoms with E-state index in [9.17, 15) is 9.59 Å². The number of aliphatic imine (C=N–C) groups is 1. The highest BCUT2D eigenvalue weighted by atomic mass is 32.2. The van der Waals surface area contributed by atoms with Gasteiger partial charge in [0, 0.05) is 18.7 Å². The molecule has 118 valence electrons. The molecule has 0 radical (unpaired) electrons. The molecule has 0 unspecified atom stereocenters. The zero-order valence-electron chi connectivity index (χ0n) is 13.1. The van der Waals surface area contributed by atoms with Crippen LogP contribution in [0.5, 0.6) is 0 Å². The lowest BCUT2D eigenvalue weighted by molar-refractivity contribution is -0.122. The average Bonchev–Trinajstić information content (AvgIpc) is 2.81. The predicted octanol–water partition coefficient (Wildman–Crippen LogP) is 2.63. The summed E-state index contributed by atoms with van der Waals surface area (Å²) in [5.74, 6) is -0.293. The van der Waals surface area contributed by atoms with Gasteiger partial charge in [0.05, 0.1) is 0 Å². The first-order valence-electron chi connectivity index (χ1n) is 7.39. The van der Waals surface area contributed by atoms with Crippen LogP contribution in [0.15, 0.2) is 23.2 Å². The fourth-order valence-corrected chi connectivity index (χ4v) is 3.19. The van der Waals surface area contributed by atoms with Crippen molar-refractivity contribution in [2.24, 2.45) is 4.99 Å². The summed E-state index contributed by atoms with van der Waals surface area (Å²) in [6.07, 6.45) is 1.08. The number of carbonyl (C=O) groups excluding carboxylic acids is 2. The Labute approximate surface area is 135 Å². The number of nitrogens with one attached hydrogen (secondary N) is 2. The molecule has 22 heavy (non-hydrogen) atoms. The van der Waals surface area contributed by atoms with Gasteiger partial charge in [-0.2, -0.15) is 0 Å². The van der Waals surface area contributed by atoms with Crippen molar-refractivity contribution in [3.8, 4) is 0 Å². The number of aryl methyl sites for hydroxylation is 2. The third-order valence-corrected chi connectivity index (χ3v) is 4.49. The van der Waals surface area contributed by atoms with Gasteiger partial charge in [-0.1, -0.05) is 36.9 Å². The number of amidine groups is 1. The summed E-state index contributed by atoms with van der Waals surface area (Å²) in [5, 5.41) is 5.86. The van der Waals surface area contributed by atoms with Gasteiger partial charge >= 0.3 is 0 Å². The highest BCUT2D eigenvalue weighted by Gasteiger charge is 2.32. The number of anilines is 1. The van der Waals surface area contributed by atoms with Crippen LogP contribution < -0.4 is 10.6 Å². The smallest absolute Gasteiger partial charge is 0.240 e. The second-order valence-corrected chi connectivity index (χ2v) is 6.49. The first kappa shape index (κ1) is 16.5. The van der Waals surface area contributed by atoms with E-state index >= 15 is 0 Å². The van der Waals surface area contributed by atoms with Gasteiger partial charge < -0.3 is 10.6 Å². The number of para-hydroxylation sites is 1. The van der Waals surface area contributed by atoms with Crippen LogP contribution in [0, 0.1) is 13.8 Å². The van der Waals surface area contributed by atoms with Gasteiger partial charge in [0.15, 0.2) is 5.17 Å². The third-order valence-electron chi connectivity index (χ3n) is 3.37. The molecule has 0 aromatic heterocycles.